The van der Waals surface area contributed by atoms with Crippen molar-refractivity contribution in [2.24, 2.45) is 11.8 Å². The first-order valence-corrected chi connectivity index (χ1v) is 12.2. The summed E-state index contributed by atoms with van der Waals surface area (Å²) in [4.78, 5) is 28.4. The lowest BCUT2D eigenvalue weighted by Gasteiger charge is -2.53. The van der Waals surface area contributed by atoms with Gasteiger partial charge in [0.25, 0.3) is 0 Å². The fraction of sp³-hybridized carbons (Fsp3) is 0.517. The van der Waals surface area contributed by atoms with Crippen LogP contribution in [0.5, 0.6) is 17.2 Å². The van der Waals surface area contributed by atoms with Gasteiger partial charge in [0.1, 0.15) is 28.4 Å². The quantitative estimate of drug-likeness (QED) is 0.584. The Labute approximate surface area is 206 Å². The molecular weight excluding hydrogens is 444 g/mol. The van der Waals surface area contributed by atoms with E-state index in [2.05, 4.69) is 6.58 Å². The first-order valence-electron chi connectivity index (χ1n) is 12.2. The Morgan fingerprint density at radius 1 is 1.31 bits per heavy atom. The molecule has 2 fully saturated rings. The number of ether oxygens (including phenoxy) is 3. The van der Waals surface area contributed by atoms with E-state index in [0.29, 0.717) is 29.7 Å². The van der Waals surface area contributed by atoms with E-state index in [1.165, 1.54) is 13.2 Å². The summed E-state index contributed by atoms with van der Waals surface area (Å²) >= 11 is 0. The molecule has 1 saturated heterocycles. The molecule has 0 unspecified atom stereocenters. The van der Waals surface area contributed by atoms with Crippen LogP contribution in [0.4, 0.5) is 0 Å². The summed E-state index contributed by atoms with van der Waals surface area (Å²) in [5, 5.41) is 10.9. The van der Waals surface area contributed by atoms with Gasteiger partial charge in [0, 0.05) is 47.3 Å². The van der Waals surface area contributed by atoms with Crippen LogP contribution in [0.15, 0.2) is 42.0 Å². The molecule has 1 N–H and O–H groups in total. The smallest absolute Gasteiger partial charge is 0.213 e. The molecule has 2 aliphatic heterocycles. The number of fused-ring (bicyclic) bond motifs is 1. The van der Waals surface area contributed by atoms with Gasteiger partial charge in [-0.15, -0.1) is 6.58 Å². The molecule has 5 aliphatic rings. The molecule has 6 nitrogen and oxygen atoms in total. The van der Waals surface area contributed by atoms with Gasteiger partial charge in [0.2, 0.25) is 11.6 Å². The number of carbonyl (C=O) groups excluding carboxylic acids is 2. The van der Waals surface area contributed by atoms with Crippen molar-refractivity contribution in [2.75, 3.05) is 7.11 Å². The molecule has 2 heterocycles. The molecule has 1 aromatic carbocycles. The lowest BCUT2D eigenvalue weighted by atomic mass is 9.53. The Bertz CT molecular complexity index is 1240. The summed E-state index contributed by atoms with van der Waals surface area (Å²) in [6.45, 7) is 15.8. The molecule has 0 amide bonds. The number of rotatable bonds is 5. The van der Waals surface area contributed by atoms with Crippen LogP contribution in [-0.4, -0.2) is 40.6 Å². The lowest BCUT2D eigenvalue weighted by molar-refractivity contribution is -0.166. The lowest BCUT2D eigenvalue weighted by Crippen LogP contribution is -2.68. The maximum Gasteiger partial charge on any atom is 0.213 e. The minimum atomic E-state index is -1.47. The maximum atomic E-state index is 14.5. The highest BCUT2D eigenvalue weighted by atomic mass is 16.6. The van der Waals surface area contributed by atoms with E-state index < -0.39 is 22.2 Å². The Morgan fingerprint density at radius 2 is 2.00 bits per heavy atom. The van der Waals surface area contributed by atoms with Crippen molar-refractivity contribution in [1.82, 2.24) is 0 Å². The molecule has 6 rings (SSSR count). The second kappa shape index (κ2) is 7.10. The second-order valence-corrected chi connectivity index (χ2v) is 11.7. The number of ketones is 2. The SMILES string of the molecule is C=CC(C)(C)c1c(OC)cc(O)c2c1O[C@]13C[C@@H]4[C@H](C=C1C2=O)[C@@](CC=C(C)C)(OC4(C)C)C3=O. The van der Waals surface area contributed by atoms with Gasteiger partial charge >= 0.3 is 0 Å². The number of methoxy groups -OCH3 is 1. The van der Waals surface area contributed by atoms with Crippen molar-refractivity contribution in [1.29, 1.82) is 0 Å². The van der Waals surface area contributed by atoms with Crippen molar-refractivity contribution in [3.63, 3.8) is 0 Å². The molecular formula is C29H34O6. The molecule has 0 radical (unpaired) electrons. The summed E-state index contributed by atoms with van der Waals surface area (Å²) in [6, 6.07) is 1.44. The fourth-order valence-electron chi connectivity index (χ4n) is 6.64. The predicted molar refractivity (Wildman–Crippen MR) is 132 cm³/mol. The average molecular weight is 479 g/mol. The summed E-state index contributed by atoms with van der Waals surface area (Å²) in [7, 11) is 1.50. The monoisotopic (exact) mass is 478 g/mol. The number of aromatic hydroxyl groups is 1. The van der Waals surface area contributed by atoms with Crippen LogP contribution in [0.3, 0.4) is 0 Å². The van der Waals surface area contributed by atoms with E-state index in [9.17, 15) is 14.7 Å². The van der Waals surface area contributed by atoms with Crippen LogP contribution in [0, 0.1) is 11.8 Å². The summed E-state index contributed by atoms with van der Waals surface area (Å²) < 4.78 is 18.9. The number of hydrogen-bond donors (Lipinski definition) is 1. The molecule has 1 saturated carbocycles. The van der Waals surface area contributed by atoms with Crippen molar-refractivity contribution in [2.45, 2.75) is 76.6 Å². The van der Waals surface area contributed by atoms with Crippen molar-refractivity contribution >= 4 is 11.6 Å². The van der Waals surface area contributed by atoms with Crippen LogP contribution in [0.2, 0.25) is 0 Å². The topological polar surface area (TPSA) is 82.1 Å². The minimum Gasteiger partial charge on any atom is -0.507 e. The number of benzene rings is 1. The zero-order chi connectivity index (χ0) is 25.7. The van der Waals surface area contributed by atoms with Crippen LogP contribution < -0.4 is 9.47 Å². The van der Waals surface area contributed by atoms with E-state index in [0.717, 1.165) is 5.57 Å². The Kier molecular flexibility index (Phi) is 4.84. The molecule has 0 aromatic heterocycles. The first-order chi connectivity index (χ1) is 16.3. The van der Waals surface area contributed by atoms with Gasteiger partial charge in [0.15, 0.2) is 5.60 Å². The third-order valence-corrected chi connectivity index (χ3v) is 8.51. The van der Waals surface area contributed by atoms with Crippen molar-refractivity contribution in [3.8, 4) is 17.2 Å². The van der Waals surface area contributed by atoms with Gasteiger partial charge in [0.05, 0.1) is 12.7 Å². The highest BCUT2D eigenvalue weighted by molar-refractivity contribution is 6.21. The third-order valence-electron chi connectivity index (χ3n) is 8.51. The second-order valence-electron chi connectivity index (χ2n) is 11.7. The van der Waals surface area contributed by atoms with E-state index in [-0.39, 0.29) is 40.5 Å². The first kappa shape index (κ1) is 23.9. The molecule has 4 bridgehead atoms. The molecule has 1 spiro atoms. The summed E-state index contributed by atoms with van der Waals surface area (Å²) in [6.07, 6.45) is 6.44. The molecule has 35 heavy (non-hydrogen) atoms. The Balaban J connectivity index is 1.79. The average Bonchev–Trinajstić information content (AvgIpc) is 2.98. The molecule has 3 aliphatic carbocycles. The van der Waals surface area contributed by atoms with Gasteiger partial charge < -0.3 is 19.3 Å². The number of allylic oxidation sites excluding steroid dienone is 2. The molecule has 1 aromatic rings. The summed E-state index contributed by atoms with van der Waals surface area (Å²) in [5.74, 6) is -0.491. The van der Waals surface area contributed by atoms with Gasteiger partial charge in [-0.2, -0.15) is 0 Å². The van der Waals surface area contributed by atoms with E-state index in [4.69, 9.17) is 14.2 Å². The zero-order valence-electron chi connectivity index (χ0n) is 21.6. The fourth-order valence-corrected chi connectivity index (χ4v) is 6.64. The van der Waals surface area contributed by atoms with Gasteiger partial charge in [-0.05, 0) is 27.7 Å². The summed E-state index contributed by atoms with van der Waals surface area (Å²) in [5.41, 5.74) is -1.74. The Morgan fingerprint density at radius 3 is 2.60 bits per heavy atom. The Hall–Kier alpha value is -2.86. The van der Waals surface area contributed by atoms with E-state index in [1.807, 2.05) is 53.7 Å². The van der Waals surface area contributed by atoms with Crippen molar-refractivity contribution in [3.05, 3.63) is 53.1 Å². The molecule has 4 atom stereocenters. The maximum absolute atomic E-state index is 14.5. The van der Waals surface area contributed by atoms with Gasteiger partial charge in [-0.3, -0.25) is 9.59 Å². The largest absolute Gasteiger partial charge is 0.507 e. The number of Topliss-reactive ketones (excluding diaryl/α,β-unsaturated/α-hetero) is 2. The number of hydrogen-bond acceptors (Lipinski definition) is 6. The van der Waals surface area contributed by atoms with Gasteiger partial charge in [-0.1, -0.05) is 37.6 Å². The van der Waals surface area contributed by atoms with E-state index in [1.54, 1.807) is 6.08 Å². The van der Waals surface area contributed by atoms with Crippen LogP contribution >= 0.6 is 0 Å². The minimum absolute atomic E-state index is 0.000989. The van der Waals surface area contributed by atoms with Crippen LogP contribution in [0.1, 0.15) is 70.3 Å². The highest BCUT2D eigenvalue weighted by Gasteiger charge is 2.76. The number of carbonyl (C=O) groups is 2. The standard InChI is InChI=1S/C29H34O6/c1-9-26(4,5)22-20(33-8)13-19(30)21-23(31)17-12-16-18-14-29(17,34-24(21)22)25(32)28(16,11-10-15(2)3)35-27(18,6)7/h9-10,12-13,16,18,30H,1,11,14H2,2-8H3/t16-,18+,28+,29+/m0/s1. The predicted octanol–water partition coefficient (Wildman–Crippen LogP) is 5.23. The third kappa shape index (κ3) is 2.86. The highest BCUT2D eigenvalue weighted by Crippen LogP contribution is 2.65. The van der Waals surface area contributed by atoms with Gasteiger partial charge in [-0.25, -0.2) is 0 Å². The number of phenols is 1. The van der Waals surface area contributed by atoms with Crippen molar-refractivity contribution < 1.29 is 28.9 Å². The zero-order valence-corrected chi connectivity index (χ0v) is 21.6. The number of phenolic OH excluding ortho intramolecular Hbond substituents is 1. The van der Waals surface area contributed by atoms with Crippen LogP contribution in [-0.2, 0) is 14.9 Å². The molecule has 6 heteroatoms. The van der Waals surface area contributed by atoms with Crippen LogP contribution in [0.25, 0.3) is 0 Å². The normalized spacial score (nSPS) is 31.8. The molecule has 186 valence electrons. The van der Waals surface area contributed by atoms with E-state index >= 15 is 0 Å².